The predicted octanol–water partition coefficient (Wildman–Crippen LogP) is 1.55. The fourth-order valence-electron chi connectivity index (χ4n) is 2.28. The van der Waals surface area contributed by atoms with E-state index in [1.165, 1.54) is 0 Å². The minimum atomic E-state index is -1.34. The van der Waals surface area contributed by atoms with Crippen molar-refractivity contribution in [2.75, 3.05) is 13.2 Å². The fourth-order valence-corrected chi connectivity index (χ4v) is 2.28. The smallest absolute Gasteiger partial charge is 0.260 e. The highest BCUT2D eigenvalue weighted by Crippen LogP contribution is 2.26. The van der Waals surface area contributed by atoms with Gasteiger partial charge in [-0.05, 0) is 19.8 Å². The van der Waals surface area contributed by atoms with Crippen LogP contribution < -0.4 is 5.32 Å². The van der Waals surface area contributed by atoms with Gasteiger partial charge in [-0.15, -0.1) is 0 Å². The first-order valence-corrected chi connectivity index (χ1v) is 6.23. The molecule has 1 aromatic carbocycles. The van der Waals surface area contributed by atoms with Crippen molar-refractivity contribution in [3.8, 4) is 0 Å². The van der Waals surface area contributed by atoms with E-state index in [2.05, 4.69) is 5.32 Å². The Kier molecular flexibility index (Phi) is 3.77. The van der Waals surface area contributed by atoms with Gasteiger partial charge in [-0.3, -0.25) is 9.59 Å². The number of nitrogens with one attached hydrogen (secondary N) is 1. The SMILES string of the molecule is CCOC1(C(=O)c2ccccc2)CCCNC1=O. The summed E-state index contributed by atoms with van der Waals surface area (Å²) in [4.78, 5) is 24.6. The molecule has 18 heavy (non-hydrogen) atoms. The summed E-state index contributed by atoms with van der Waals surface area (Å²) in [5.41, 5.74) is -0.822. The van der Waals surface area contributed by atoms with E-state index in [0.29, 0.717) is 25.1 Å². The number of carbonyl (C=O) groups is 2. The summed E-state index contributed by atoms with van der Waals surface area (Å²) < 4.78 is 5.54. The van der Waals surface area contributed by atoms with Gasteiger partial charge in [-0.2, -0.15) is 0 Å². The molecule has 1 aliphatic heterocycles. The van der Waals surface area contributed by atoms with Gasteiger partial charge in [-0.1, -0.05) is 30.3 Å². The second-order valence-corrected chi connectivity index (χ2v) is 4.31. The van der Waals surface area contributed by atoms with Crippen molar-refractivity contribution in [1.29, 1.82) is 0 Å². The zero-order valence-electron chi connectivity index (χ0n) is 10.4. The van der Waals surface area contributed by atoms with Crippen LogP contribution in [0.4, 0.5) is 0 Å². The van der Waals surface area contributed by atoms with Gasteiger partial charge in [0.1, 0.15) is 0 Å². The number of piperidine rings is 1. The number of benzene rings is 1. The number of amides is 1. The Morgan fingerprint density at radius 2 is 2.11 bits per heavy atom. The third kappa shape index (κ3) is 2.16. The van der Waals surface area contributed by atoms with Crippen LogP contribution in [0.2, 0.25) is 0 Å². The zero-order valence-corrected chi connectivity index (χ0v) is 10.4. The van der Waals surface area contributed by atoms with Crippen molar-refractivity contribution in [2.45, 2.75) is 25.4 Å². The average molecular weight is 247 g/mol. The van der Waals surface area contributed by atoms with Crippen molar-refractivity contribution in [2.24, 2.45) is 0 Å². The second-order valence-electron chi connectivity index (χ2n) is 4.31. The molecule has 4 nitrogen and oxygen atoms in total. The molecule has 0 aromatic heterocycles. The molecule has 1 heterocycles. The van der Waals surface area contributed by atoms with Crippen LogP contribution in [0.15, 0.2) is 30.3 Å². The van der Waals surface area contributed by atoms with E-state index < -0.39 is 5.60 Å². The number of ketones is 1. The molecule has 4 heteroatoms. The van der Waals surface area contributed by atoms with Crippen LogP contribution >= 0.6 is 0 Å². The molecule has 0 saturated carbocycles. The van der Waals surface area contributed by atoms with Crippen LogP contribution in [-0.4, -0.2) is 30.4 Å². The normalized spacial score (nSPS) is 23.5. The summed E-state index contributed by atoms with van der Waals surface area (Å²) >= 11 is 0. The molecular weight excluding hydrogens is 230 g/mol. The van der Waals surface area contributed by atoms with E-state index in [4.69, 9.17) is 4.74 Å². The fraction of sp³-hybridized carbons (Fsp3) is 0.429. The monoisotopic (exact) mass is 247 g/mol. The molecule has 0 spiro atoms. The van der Waals surface area contributed by atoms with E-state index >= 15 is 0 Å². The molecule has 2 rings (SSSR count). The largest absolute Gasteiger partial charge is 0.358 e. The summed E-state index contributed by atoms with van der Waals surface area (Å²) in [5.74, 6) is -0.563. The molecule has 1 aromatic rings. The molecular formula is C14H17NO3. The van der Waals surface area contributed by atoms with E-state index in [1.54, 1.807) is 31.2 Å². The van der Waals surface area contributed by atoms with Crippen molar-refractivity contribution in [1.82, 2.24) is 5.32 Å². The third-order valence-corrected chi connectivity index (χ3v) is 3.15. The van der Waals surface area contributed by atoms with Crippen molar-refractivity contribution in [3.63, 3.8) is 0 Å². The molecule has 1 amide bonds. The Bertz CT molecular complexity index is 440. The molecule has 1 fully saturated rings. The average Bonchev–Trinajstić information content (AvgIpc) is 2.42. The Hall–Kier alpha value is -1.68. The molecule has 1 aliphatic rings. The maximum Gasteiger partial charge on any atom is 0.260 e. The molecule has 0 radical (unpaired) electrons. The van der Waals surface area contributed by atoms with Crippen LogP contribution in [0.25, 0.3) is 0 Å². The van der Waals surface area contributed by atoms with Gasteiger partial charge in [0.15, 0.2) is 0 Å². The summed E-state index contributed by atoms with van der Waals surface area (Å²) in [6, 6.07) is 8.84. The minimum Gasteiger partial charge on any atom is -0.358 e. The summed E-state index contributed by atoms with van der Waals surface area (Å²) in [6.45, 7) is 2.74. The number of carbonyl (C=O) groups excluding carboxylic acids is 2. The lowest BCUT2D eigenvalue weighted by atomic mass is 9.85. The zero-order chi connectivity index (χ0) is 13.0. The second kappa shape index (κ2) is 5.31. The Balaban J connectivity index is 2.35. The van der Waals surface area contributed by atoms with Crippen LogP contribution in [0.3, 0.4) is 0 Å². The molecule has 0 bridgehead atoms. The first-order chi connectivity index (χ1) is 8.70. The van der Waals surface area contributed by atoms with Gasteiger partial charge in [0.2, 0.25) is 11.4 Å². The molecule has 1 atom stereocenters. The quantitative estimate of drug-likeness (QED) is 0.649. The first-order valence-electron chi connectivity index (χ1n) is 6.23. The lowest BCUT2D eigenvalue weighted by Gasteiger charge is -2.34. The predicted molar refractivity (Wildman–Crippen MR) is 67.4 cm³/mol. The number of ether oxygens (including phenoxy) is 1. The third-order valence-electron chi connectivity index (χ3n) is 3.15. The highest BCUT2D eigenvalue weighted by atomic mass is 16.5. The number of hydrogen-bond donors (Lipinski definition) is 1. The van der Waals surface area contributed by atoms with Gasteiger partial charge in [0, 0.05) is 18.7 Å². The summed E-state index contributed by atoms with van der Waals surface area (Å²) in [7, 11) is 0. The van der Waals surface area contributed by atoms with E-state index in [1.807, 2.05) is 6.07 Å². The Labute approximate surface area is 106 Å². The van der Waals surface area contributed by atoms with Gasteiger partial charge < -0.3 is 10.1 Å². The van der Waals surface area contributed by atoms with E-state index in [-0.39, 0.29) is 11.7 Å². The maximum absolute atomic E-state index is 12.5. The Morgan fingerprint density at radius 1 is 1.39 bits per heavy atom. The standard InChI is InChI=1S/C14H17NO3/c1-2-18-14(9-6-10-15-13(14)17)12(16)11-7-4-3-5-8-11/h3-5,7-8H,2,6,9-10H2,1H3,(H,15,17). The first kappa shape index (κ1) is 12.8. The van der Waals surface area contributed by atoms with E-state index in [0.717, 1.165) is 6.42 Å². The molecule has 96 valence electrons. The molecule has 1 N–H and O–H groups in total. The number of hydrogen-bond acceptors (Lipinski definition) is 3. The van der Waals surface area contributed by atoms with Gasteiger partial charge in [0.25, 0.3) is 5.91 Å². The molecule has 0 aliphatic carbocycles. The summed E-state index contributed by atoms with van der Waals surface area (Å²) in [5, 5.41) is 2.72. The van der Waals surface area contributed by atoms with Crippen LogP contribution in [0.5, 0.6) is 0 Å². The lowest BCUT2D eigenvalue weighted by Crippen LogP contribution is -2.58. The maximum atomic E-state index is 12.5. The molecule has 1 saturated heterocycles. The number of Topliss-reactive ketones (excluding diaryl/α,β-unsaturated/α-hetero) is 1. The van der Waals surface area contributed by atoms with Crippen molar-refractivity contribution < 1.29 is 14.3 Å². The summed E-state index contributed by atoms with van der Waals surface area (Å²) in [6.07, 6.45) is 1.20. The highest BCUT2D eigenvalue weighted by molar-refractivity contribution is 6.17. The number of rotatable bonds is 4. The van der Waals surface area contributed by atoms with Gasteiger partial charge in [-0.25, -0.2) is 0 Å². The lowest BCUT2D eigenvalue weighted by molar-refractivity contribution is -0.144. The Morgan fingerprint density at radius 3 is 2.72 bits per heavy atom. The minimum absolute atomic E-state index is 0.248. The van der Waals surface area contributed by atoms with E-state index in [9.17, 15) is 9.59 Å². The van der Waals surface area contributed by atoms with Gasteiger partial charge >= 0.3 is 0 Å². The van der Waals surface area contributed by atoms with Crippen molar-refractivity contribution in [3.05, 3.63) is 35.9 Å². The highest BCUT2D eigenvalue weighted by Gasteiger charge is 2.48. The van der Waals surface area contributed by atoms with Crippen LogP contribution in [0, 0.1) is 0 Å². The van der Waals surface area contributed by atoms with Crippen molar-refractivity contribution >= 4 is 11.7 Å². The van der Waals surface area contributed by atoms with Crippen LogP contribution in [-0.2, 0) is 9.53 Å². The van der Waals surface area contributed by atoms with Gasteiger partial charge in [0.05, 0.1) is 0 Å². The van der Waals surface area contributed by atoms with Crippen LogP contribution in [0.1, 0.15) is 30.1 Å². The topological polar surface area (TPSA) is 55.4 Å². The molecule has 1 unspecified atom stereocenters.